The minimum absolute atomic E-state index is 0.123. The van der Waals surface area contributed by atoms with E-state index in [1.54, 1.807) is 19.2 Å². The van der Waals surface area contributed by atoms with Crippen LogP contribution in [-0.4, -0.2) is 58.2 Å². The fourth-order valence-electron chi connectivity index (χ4n) is 2.96. The maximum atomic E-state index is 12.5. The third-order valence-electron chi connectivity index (χ3n) is 4.38. The number of aliphatic imine (C=N–C) groups is 1. The van der Waals surface area contributed by atoms with Gasteiger partial charge >= 0.3 is 6.61 Å². The molecule has 1 aliphatic heterocycles. The highest BCUT2D eigenvalue weighted by Gasteiger charge is 2.28. The second-order valence-corrected chi connectivity index (χ2v) is 8.55. The molecular weight excluding hydrogens is 378 g/mol. The van der Waals surface area contributed by atoms with Crippen molar-refractivity contribution in [2.24, 2.45) is 10.9 Å². The number of alkyl halides is 2. The molecule has 0 spiro atoms. The van der Waals surface area contributed by atoms with Gasteiger partial charge in [-0.15, -0.1) is 0 Å². The molecule has 0 radical (unpaired) electrons. The van der Waals surface area contributed by atoms with Gasteiger partial charge in [-0.3, -0.25) is 4.99 Å². The van der Waals surface area contributed by atoms with Gasteiger partial charge in [0, 0.05) is 38.8 Å². The number of guanidine groups is 1. The van der Waals surface area contributed by atoms with Crippen molar-refractivity contribution in [3.63, 3.8) is 0 Å². The average molecular weight is 404 g/mol. The van der Waals surface area contributed by atoms with Crippen molar-refractivity contribution in [3.05, 3.63) is 29.3 Å². The van der Waals surface area contributed by atoms with E-state index in [0.29, 0.717) is 31.2 Å². The lowest BCUT2D eigenvalue weighted by Crippen LogP contribution is -2.40. The number of rotatable bonds is 7. The maximum Gasteiger partial charge on any atom is 0.387 e. The van der Waals surface area contributed by atoms with Crippen molar-refractivity contribution in [1.29, 1.82) is 0 Å². The monoisotopic (exact) mass is 404 g/mol. The summed E-state index contributed by atoms with van der Waals surface area (Å²) in [5.74, 6) is 0.824. The highest BCUT2D eigenvalue weighted by Crippen LogP contribution is 2.22. The van der Waals surface area contributed by atoms with Crippen molar-refractivity contribution in [2.75, 3.05) is 32.9 Å². The predicted octanol–water partition coefficient (Wildman–Crippen LogP) is 1.54. The molecule has 1 aromatic rings. The summed E-state index contributed by atoms with van der Waals surface area (Å²) in [6.45, 7) is 0.825. The molecule has 10 heteroatoms. The predicted molar refractivity (Wildman–Crippen MR) is 101 cm³/mol. The highest BCUT2D eigenvalue weighted by molar-refractivity contribution is 7.88. The van der Waals surface area contributed by atoms with Gasteiger partial charge in [-0.1, -0.05) is 17.7 Å². The fourth-order valence-corrected chi connectivity index (χ4v) is 3.88. The molecule has 2 N–H and O–H groups in total. The van der Waals surface area contributed by atoms with E-state index in [2.05, 4.69) is 20.4 Å². The second kappa shape index (κ2) is 9.32. The molecule has 0 bridgehead atoms. The quantitative estimate of drug-likeness (QED) is 0.532. The van der Waals surface area contributed by atoms with E-state index in [1.807, 2.05) is 6.92 Å². The van der Waals surface area contributed by atoms with E-state index < -0.39 is 16.6 Å². The molecule has 0 aliphatic carbocycles. The molecule has 1 atom stereocenters. The van der Waals surface area contributed by atoms with Crippen molar-refractivity contribution in [1.82, 2.24) is 14.9 Å². The lowest BCUT2D eigenvalue weighted by atomic mass is 10.1. The van der Waals surface area contributed by atoms with Crippen molar-refractivity contribution in [2.45, 2.75) is 26.5 Å². The van der Waals surface area contributed by atoms with Crippen molar-refractivity contribution in [3.8, 4) is 5.75 Å². The Morgan fingerprint density at radius 1 is 1.41 bits per heavy atom. The average Bonchev–Trinajstić information content (AvgIpc) is 3.06. The Bertz CT molecular complexity index is 771. The summed E-state index contributed by atoms with van der Waals surface area (Å²) in [5, 5.41) is 6.23. The first kappa shape index (κ1) is 21.4. The number of hydrogen-bond donors (Lipinski definition) is 2. The van der Waals surface area contributed by atoms with Crippen LogP contribution in [0.2, 0.25) is 0 Å². The first-order valence-electron chi connectivity index (χ1n) is 8.63. The third kappa shape index (κ3) is 6.62. The Morgan fingerprint density at radius 3 is 2.74 bits per heavy atom. The number of nitrogens with one attached hydrogen (secondary N) is 2. The molecule has 1 aromatic carbocycles. The lowest BCUT2D eigenvalue weighted by Gasteiger charge is -2.17. The van der Waals surface area contributed by atoms with Crippen LogP contribution in [0.3, 0.4) is 0 Å². The topological polar surface area (TPSA) is 83.0 Å². The molecule has 7 nitrogen and oxygen atoms in total. The molecule has 0 aromatic heterocycles. The first-order chi connectivity index (χ1) is 12.7. The summed E-state index contributed by atoms with van der Waals surface area (Å²) in [7, 11) is -1.55. The summed E-state index contributed by atoms with van der Waals surface area (Å²) in [6.07, 6.45) is 1.99. The molecule has 0 amide bonds. The Hall–Kier alpha value is -1.94. The number of ether oxygens (including phenoxy) is 1. The minimum atomic E-state index is -3.16. The van der Waals surface area contributed by atoms with Gasteiger partial charge in [-0.05, 0) is 25.3 Å². The van der Waals surface area contributed by atoms with Gasteiger partial charge in [-0.2, -0.15) is 8.78 Å². The van der Waals surface area contributed by atoms with Crippen LogP contribution < -0.4 is 15.4 Å². The van der Waals surface area contributed by atoms with Crippen LogP contribution in [0.1, 0.15) is 17.5 Å². The third-order valence-corrected chi connectivity index (χ3v) is 5.65. The summed E-state index contributed by atoms with van der Waals surface area (Å²) in [4.78, 5) is 4.12. The van der Waals surface area contributed by atoms with Gasteiger partial charge < -0.3 is 15.4 Å². The number of aryl methyl sites for hydroxylation is 1. The van der Waals surface area contributed by atoms with Gasteiger partial charge in [-0.25, -0.2) is 12.7 Å². The molecule has 27 heavy (non-hydrogen) atoms. The van der Waals surface area contributed by atoms with Crippen LogP contribution in [-0.2, 0) is 16.6 Å². The Morgan fingerprint density at radius 2 is 2.15 bits per heavy atom. The zero-order chi connectivity index (χ0) is 20.0. The molecule has 0 saturated carbocycles. The maximum absolute atomic E-state index is 12.5. The molecule has 1 heterocycles. The lowest BCUT2D eigenvalue weighted by molar-refractivity contribution is -0.0504. The van der Waals surface area contributed by atoms with Crippen LogP contribution in [0.4, 0.5) is 8.78 Å². The summed E-state index contributed by atoms with van der Waals surface area (Å²) < 4.78 is 54.3. The largest absolute Gasteiger partial charge is 0.434 e. The van der Waals surface area contributed by atoms with Crippen LogP contribution in [0.15, 0.2) is 23.2 Å². The number of benzene rings is 1. The summed E-state index contributed by atoms with van der Waals surface area (Å²) in [5.41, 5.74) is 1.53. The Labute approximate surface area is 158 Å². The van der Waals surface area contributed by atoms with Crippen molar-refractivity contribution >= 4 is 16.0 Å². The first-order valence-corrected chi connectivity index (χ1v) is 10.5. The highest BCUT2D eigenvalue weighted by atomic mass is 32.2. The zero-order valence-corrected chi connectivity index (χ0v) is 16.5. The molecule has 1 aliphatic rings. The molecule has 1 saturated heterocycles. The van der Waals surface area contributed by atoms with Crippen LogP contribution in [0.25, 0.3) is 0 Å². The number of hydrogen-bond acceptors (Lipinski definition) is 4. The zero-order valence-electron chi connectivity index (χ0n) is 15.7. The standard InChI is InChI=1S/C17H26F2N4O3S/c1-12-4-5-15(26-16(18)19)14(8-12)10-22-17(20-2)21-9-13-6-7-23(11-13)27(3,24)25/h4-5,8,13,16H,6-7,9-11H2,1-3H3,(H2,20,21,22). The number of nitrogens with zero attached hydrogens (tertiary/aromatic N) is 2. The molecule has 1 unspecified atom stereocenters. The molecule has 152 valence electrons. The number of sulfonamides is 1. The van der Waals surface area contributed by atoms with Gasteiger partial charge in [0.25, 0.3) is 0 Å². The SMILES string of the molecule is CN=C(NCc1cc(C)ccc1OC(F)F)NCC1CCN(S(C)(=O)=O)C1. The van der Waals surface area contributed by atoms with E-state index >= 15 is 0 Å². The fraction of sp³-hybridized carbons (Fsp3) is 0.588. The van der Waals surface area contributed by atoms with E-state index in [0.717, 1.165) is 12.0 Å². The molecular formula is C17H26F2N4O3S. The van der Waals surface area contributed by atoms with Gasteiger partial charge in [0.15, 0.2) is 5.96 Å². The van der Waals surface area contributed by atoms with Gasteiger partial charge in [0.1, 0.15) is 5.75 Å². The van der Waals surface area contributed by atoms with E-state index in [4.69, 9.17) is 0 Å². The normalized spacial score (nSPS) is 18.7. The van der Waals surface area contributed by atoms with Gasteiger partial charge in [0.05, 0.1) is 6.26 Å². The van der Waals surface area contributed by atoms with E-state index in [-0.39, 0.29) is 18.2 Å². The minimum Gasteiger partial charge on any atom is -0.434 e. The molecule has 1 fully saturated rings. The van der Waals surface area contributed by atoms with E-state index in [1.165, 1.54) is 16.6 Å². The van der Waals surface area contributed by atoms with Crippen LogP contribution in [0, 0.1) is 12.8 Å². The van der Waals surface area contributed by atoms with Gasteiger partial charge in [0.2, 0.25) is 10.0 Å². The summed E-state index contributed by atoms with van der Waals surface area (Å²) >= 11 is 0. The smallest absolute Gasteiger partial charge is 0.387 e. The molecule has 2 rings (SSSR count). The van der Waals surface area contributed by atoms with Crippen molar-refractivity contribution < 1.29 is 21.9 Å². The number of halogens is 2. The van der Waals surface area contributed by atoms with Crippen LogP contribution in [0.5, 0.6) is 5.75 Å². The van der Waals surface area contributed by atoms with Crippen LogP contribution >= 0.6 is 0 Å². The Kier molecular flexibility index (Phi) is 7.37. The Balaban J connectivity index is 1.89. The summed E-state index contributed by atoms with van der Waals surface area (Å²) in [6, 6.07) is 5.01. The van der Waals surface area contributed by atoms with E-state index in [9.17, 15) is 17.2 Å². The second-order valence-electron chi connectivity index (χ2n) is 6.57.